The van der Waals surface area contributed by atoms with Gasteiger partial charge < -0.3 is 24.8 Å². The molecule has 0 saturated heterocycles. The smallest absolute Gasteiger partial charge is 1.00 e. The van der Waals surface area contributed by atoms with E-state index in [0.29, 0.717) is 3.63 Å². The summed E-state index contributed by atoms with van der Waals surface area (Å²) in [5, 5.41) is 3.27. The Bertz CT molecular complexity index is 1310. The molecule has 7 rings (SSSR count). The Labute approximate surface area is 245 Å². The molecule has 2 aromatic rings. The Morgan fingerprint density at radius 2 is 1.67 bits per heavy atom. The molecule has 185 valence electrons. The van der Waals surface area contributed by atoms with Crippen molar-refractivity contribution in [3.05, 3.63) is 98.5 Å². The van der Waals surface area contributed by atoms with Crippen molar-refractivity contribution < 1.29 is 49.5 Å². The minimum atomic E-state index is -1.13. The van der Waals surface area contributed by atoms with Crippen LogP contribution in [0, 0.1) is 0 Å². The summed E-state index contributed by atoms with van der Waals surface area (Å²) in [5.74, 6) is 0. The Balaban J connectivity index is 0.000000218. The van der Waals surface area contributed by atoms with Gasteiger partial charge in [-0.25, -0.2) is 0 Å². The van der Waals surface area contributed by atoms with Crippen LogP contribution in [0.25, 0.3) is 17.2 Å². The van der Waals surface area contributed by atoms with E-state index in [1.165, 1.54) is 75.9 Å². The third-order valence-electron chi connectivity index (χ3n) is 7.82. The fourth-order valence-electron chi connectivity index (χ4n) is 6.11. The first-order valence-corrected chi connectivity index (χ1v) is 17.1. The second-order valence-electron chi connectivity index (χ2n) is 10.5. The van der Waals surface area contributed by atoms with E-state index in [1.54, 1.807) is 35.1 Å². The van der Waals surface area contributed by atoms with E-state index >= 15 is 0 Å². The van der Waals surface area contributed by atoms with Gasteiger partial charge in [0.1, 0.15) is 8.07 Å². The number of hydrogen-bond acceptors (Lipinski definition) is 1. The van der Waals surface area contributed by atoms with Crippen molar-refractivity contribution in [2.24, 2.45) is 4.99 Å². The summed E-state index contributed by atoms with van der Waals surface area (Å²) < 4.78 is 0.649. The first-order chi connectivity index (χ1) is 16.3. The molecule has 5 heteroatoms. The summed E-state index contributed by atoms with van der Waals surface area (Å²) in [6.45, 7) is 11.6. The molecule has 1 unspecified atom stereocenters. The van der Waals surface area contributed by atoms with Gasteiger partial charge >= 0.3 is 143 Å². The van der Waals surface area contributed by atoms with E-state index in [2.05, 4.69) is 93.5 Å². The molecule has 0 aromatic heterocycles. The zero-order chi connectivity index (χ0) is 24.0. The van der Waals surface area contributed by atoms with Crippen LogP contribution in [-0.2, 0) is 31.1 Å². The fourth-order valence-corrected chi connectivity index (χ4v) is 10.8. The van der Waals surface area contributed by atoms with E-state index in [-0.39, 0.29) is 24.8 Å². The minimum absolute atomic E-state index is 0. The number of benzene rings is 2. The van der Waals surface area contributed by atoms with Crippen molar-refractivity contribution in [2.75, 3.05) is 0 Å². The number of aryl methyl sites for hydroxylation is 1. The topological polar surface area (TPSA) is 12.4 Å². The summed E-state index contributed by atoms with van der Waals surface area (Å²) >= 11 is 1.59. The van der Waals surface area contributed by atoms with E-state index in [0.717, 1.165) is 0 Å². The van der Waals surface area contributed by atoms with Gasteiger partial charge in [0.2, 0.25) is 0 Å². The van der Waals surface area contributed by atoms with Crippen LogP contribution in [-0.4, -0.2) is 13.8 Å². The molecule has 2 aromatic carbocycles. The van der Waals surface area contributed by atoms with Crippen LogP contribution in [0.5, 0.6) is 0 Å². The van der Waals surface area contributed by atoms with Gasteiger partial charge in [-0.15, -0.1) is 0 Å². The summed E-state index contributed by atoms with van der Waals surface area (Å²) in [6.07, 6.45) is 11.6. The van der Waals surface area contributed by atoms with E-state index in [1.807, 2.05) is 6.20 Å². The molecule has 36 heavy (non-hydrogen) atoms. The number of rotatable bonds is 5. The Kier molecular flexibility index (Phi) is 9.48. The molecular formula is C31H34Cl2NSiZr. The molecule has 0 spiro atoms. The van der Waals surface area contributed by atoms with Crippen LogP contribution in [0.2, 0.25) is 13.1 Å². The van der Waals surface area contributed by atoms with Crippen molar-refractivity contribution in [3.8, 4) is 11.1 Å². The first kappa shape index (κ1) is 29.3. The van der Waals surface area contributed by atoms with Crippen LogP contribution in [0.1, 0.15) is 60.3 Å². The van der Waals surface area contributed by atoms with Gasteiger partial charge in [-0.1, -0.05) is 20.0 Å². The van der Waals surface area contributed by atoms with Gasteiger partial charge in [0.25, 0.3) is 0 Å². The SMILES string of the molecule is CC1=C2C3=NC=CC3=C1[Si]2(C)C.CCCCCc1ccc(-c2cccc3c2C=C(C)[CH]3[Zr+2])cc1.[Cl-].[Cl-]. The first-order valence-electron chi connectivity index (χ1n) is 12.7. The molecule has 2 aliphatic carbocycles. The minimum Gasteiger partial charge on any atom is -1.00 e. The molecule has 2 bridgehead atoms. The number of hydrogen-bond donors (Lipinski definition) is 0. The van der Waals surface area contributed by atoms with Gasteiger partial charge in [-0.05, 0) is 29.0 Å². The Morgan fingerprint density at radius 3 is 2.31 bits per heavy atom. The molecule has 0 saturated carbocycles. The standard InChI is InChI=1S/C21H23.C10H11NSi.2ClH.Zr/c1-3-4-5-7-17-10-12-18(13-11-17)20-9-6-8-19-14-16(2)15-21(19)20;1-6-9-7-4-5-11-8(7)10(6)12(9,2)3;;;/h6,8-15H,3-5,7H2,1-2H3;4-5H,1-3H3;2*1H;/q;;;;+2/p-2. The number of allylic oxidation sites excluding steroid dienone is 6. The van der Waals surface area contributed by atoms with Gasteiger partial charge in [0.15, 0.2) is 0 Å². The Hall–Kier alpha value is -1.25. The second kappa shape index (κ2) is 11.6. The van der Waals surface area contributed by atoms with E-state index < -0.39 is 8.07 Å². The summed E-state index contributed by atoms with van der Waals surface area (Å²) in [7, 11) is -1.13. The largest absolute Gasteiger partial charge is 1.00 e. The van der Waals surface area contributed by atoms with Crippen molar-refractivity contribution in [3.63, 3.8) is 0 Å². The predicted molar refractivity (Wildman–Crippen MR) is 145 cm³/mol. The van der Waals surface area contributed by atoms with Crippen LogP contribution >= 0.6 is 0 Å². The van der Waals surface area contributed by atoms with Gasteiger partial charge in [-0.3, -0.25) is 4.99 Å². The molecule has 3 heterocycles. The van der Waals surface area contributed by atoms with Crippen LogP contribution in [0.4, 0.5) is 0 Å². The van der Waals surface area contributed by atoms with Crippen LogP contribution in [0.15, 0.2) is 86.8 Å². The molecule has 1 atom stereocenters. The molecule has 0 fully saturated rings. The number of aliphatic imine (C=N–C) groups is 1. The third-order valence-corrected chi connectivity index (χ3v) is 13.5. The molecular weight excluding hydrogens is 577 g/mol. The molecule has 0 radical (unpaired) electrons. The molecule has 1 nitrogen and oxygen atoms in total. The average Bonchev–Trinajstić information content (AvgIpc) is 3.52. The number of fused-ring (bicyclic) bond motifs is 1. The van der Waals surface area contributed by atoms with Crippen molar-refractivity contribution in [2.45, 2.75) is 63.2 Å². The van der Waals surface area contributed by atoms with Crippen molar-refractivity contribution in [1.82, 2.24) is 0 Å². The van der Waals surface area contributed by atoms with Crippen molar-refractivity contribution >= 4 is 19.9 Å². The molecule has 3 aliphatic heterocycles. The number of unbranched alkanes of at least 4 members (excludes halogenated alkanes) is 2. The van der Waals surface area contributed by atoms with Gasteiger partial charge in [0.05, 0.1) is 5.71 Å². The van der Waals surface area contributed by atoms with Crippen molar-refractivity contribution in [1.29, 1.82) is 0 Å². The Morgan fingerprint density at radius 1 is 0.944 bits per heavy atom. The normalized spacial score (nSPS) is 19.4. The monoisotopic (exact) mass is 608 g/mol. The zero-order valence-electron chi connectivity index (χ0n) is 21.9. The average molecular weight is 611 g/mol. The summed E-state index contributed by atoms with van der Waals surface area (Å²) in [5.41, 5.74) is 13.0. The van der Waals surface area contributed by atoms with Crippen LogP contribution < -0.4 is 24.8 Å². The summed E-state index contributed by atoms with van der Waals surface area (Å²) in [6, 6.07) is 16.0. The van der Waals surface area contributed by atoms with E-state index in [9.17, 15) is 0 Å². The van der Waals surface area contributed by atoms with Gasteiger partial charge in [0, 0.05) is 11.8 Å². The van der Waals surface area contributed by atoms with Crippen LogP contribution in [0.3, 0.4) is 0 Å². The molecule has 5 aliphatic rings. The molecule has 0 N–H and O–H groups in total. The fraction of sp³-hybridized carbons (Fsp3) is 0.323. The van der Waals surface area contributed by atoms with E-state index in [4.69, 9.17) is 0 Å². The quantitative estimate of drug-likeness (QED) is 0.365. The summed E-state index contributed by atoms with van der Waals surface area (Å²) in [4.78, 5) is 4.42. The second-order valence-corrected chi connectivity index (χ2v) is 16.2. The number of halogens is 2. The number of nitrogens with zero attached hydrogens (tertiary/aromatic N) is 1. The third kappa shape index (κ3) is 4.94. The maximum atomic E-state index is 4.42. The van der Waals surface area contributed by atoms with Gasteiger partial charge in [-0.2, -0.15) is 0 Å². The zero-order valence-corrected chi connectivity index (χ0v) is 26.9. The predicted octanol–water partition coefficient (Wildman–Crippen LogP) is 2.48. The maximum Gasteiger partial charge on any atom is -1.00 e. The maximum absolute atomic E-state index is 4.42. The molecule has 0 amide bonds.